The molecule has 1 N–H and O–H groups in total. The molecule has 0 bridgehead atoms. The zero-order valence-corrected chi connectivity index (χ0v) is 10.1. The van der Waals surface area contributed by atoms with Gasteiger partial charge in [0.05, 0.1) is 0 Å². The zero-order valence-electron chi connectivity index (χ0n) is 10.1. The maximum atomic E-state index is 3.54. The van der Waals surface area contributed by atoms with Gasteiger partial charge in [-0.05, 0) is 25.8 Å². The summed E-state index contributed by atoms with van der Waals surface area (Å²) < 4.78 is 0. The Bertz CT molecular complexity index is 152. The maximum Gasteiger partial charge on any atom is 0.0329 e. The molecule has 2 heteroatoms. The van der Waals surface area contributed by atoms with Crippen molar-refractivity contribution in [3.8, 4) is 0 Å². The first kappa shape index (κ1) is 12.0. The number of unbranched alkanes of at least 4 members (excludes halogenated alkanes) is 1. The molecule has 1 rings (SSSR count). The van der Waals surface area contributed by atoms with Gasteiger partial charge in [-0.3, -0.25) is 4.90 Å². The van der Waals surface area contributed by atoms with Crippen molar-refractivity contribution in [2.75, 3.05) is 26.2 Å². The summed E-state index contributed by atoms with van der Waals surface area (Å²) in [5, 5.41) is 3.54. The molecule has 0 saturated carbocycles. The monoisotopic (exact) mass is 198 g/mol. The molecule has 1 heterocycles. The second-order valence-electron chi connectivity index (χ2n) is 4.45. The lowest BCUT2D eigenvalue weighted by atomic mass is 9.88. The van der Waals surface area contributed by atoms with Gasteiger partial charge in [-0.1, -0.05) is 27.2 Å². The molecule has 0 unspecified atom stereocenters. The van der Waals surface area contributed by atoms with Gasteiger partial charge >= 0.3 is 0 Å². The lowest BCUT2D eigenvalue weighted by molar-refractivity contribution is 0.0510. The summed E-state index contributed by atoms with van der Waals surface area (Å²) in [7, 11) is 0. The minimum atomic E-state index is 0.452. The molecule has 2 nitrogen and oxygen atoms in total. The van der Waals surface area contributed by atoms with E-state index in [9.17, 15) is 0 Å². The van der Waals surface area contributed by atoms with E-state index in [2.05, 4.69) is 31.0 Å². The van der Waals surface area contributed by atoms with E-state index < -0.39 is 0 Å². The predicted octanol–water partition coefficient (Wildman–Crippen LogP) is 2.25. The highest BCUT2D eigenvalue weighted by molar-refractivity contribution is 4.93. The molecular weight excluding hydrogens is 172 g/mol. The first-order chi connectivity index (χ1) is 6.79. The Morgan fingerprint density at radius 2 is 1.93 bits per heavy atom. The van der Waals surface area contributed by atoms with Crippen LogP contribution in [0.1, 0.15) is 46.5 Å². The van der Waals surface area contributed by atoms with Crippen molar-refractivity contribution in [3.63, 3.8) is 0 Å². The lowest BCUT2D eigenvalue weighted by Crippen LogP contribution is -2.60. The molecule has 1 aliphatic rings. The summed E-state index contributed by atoms with van der Waals surface area (Å²) in [6.07, 6.45) is 5.22. The molecule has 0 aromatic carbocycles. The molecule has 1 aliphatic heterocycles. The second kappa shape index (κ2) is 5.72. The van der Waals surface area contributed by atoms with Crippen molar-refractivity contribution in [2.45, 2.75) is 52.0 Å². The minimum absolute atomic E-state index is 0.452. The largest absolute Gasteiger partial charge is 0.314 e. The van der Waals surface area contributed by atoms with Crippen LogP contribution >= 0.6 is 0 Å². The van der Waals surface area contributed by atoms with Crippen molar-refractivity contribution in [1.29, 1.82) is 0 Å². The molecule has 0 spiro atoms. The van der Waals surface area contributed by atoms with E-state index in [1.807, 2.05) is 0 Å². The molecule has 0 aliphatic carbocycles. The van der Waals surface area contributed by atoms with Crippen LogP contribution in [0, 0.1) is 0 Å². The van der Waals surface area contributed by atoms with Crippen molar-refractivity contribution in [3.05, 3.63) is 0 Å². The molecule has 0 aromatic heterocycles. The first-order valence-corrected chi connectivity index (χ1v) is 6.25. The molecule has 84 valence electrons. The van der Waals surface area contributed by atoms with E-state index >= 15 is 0 Å². The number of piperazine rings is 1. The maximum absolute atomic E-state index is 3.54. The van der Waals surface area contributed by atoms with E-state index in [4.69, 9.17) is 0 Å². The fourth-order valence-corrected chi connectivity index (χ4v) is 2.53. The summed E-state index contributed by atoms with van der Waals surface area (Å²) in [5.41, 5.74) is 0.452. The Labute approximate surface area is 89.1 Å². The van der Waals surface area contributed by atoms with Crippen LogP contribution in [0.3, 0.4) is 0 Å². The van der Waals surface area contributed by atoms with E-state index in [-0.39, 0.29) is 0 Å². The number of hydrogen-bond donors (Lipinski definition) is 1. The van der Waals surface area contributed by atoms with Gasteiger partial charge in [0.25, 0.3) is 0 Å². The molecular formula is C12H26N2. The summed E-state index contributed by atoms with van der Waals surface area (Å²) in [6.45, 7) is 11.8. The van der Waals surface area contributed by atoms with Crippen LogP contribution in [0.25, 0.3) is 0 Å². The summed E-state index contributed by atoms with van der Waals surface area (Å²) in [5.74, 6) is 0. The third-order valence-corrected chi connectivity index (χ3v) is 3.78. The number of nitrogens with one attached hydrogen (secondary N) is 1. The molecule has 1 saturated heterocycles. The van der Waals surface area contributed by atoms with Crippen molar-refractivity contribution < 1.29 is 0 Å². The fraction of sp³-hybridized carbons (Fsp3) is 1.00. The predicted molar refractivity (Wildman–Crippen MR) is 62.7 cm³/mol. The second-order valence-corrected chi connectivity index (χ2v) is 4.45. The van der Waals surface area contributed by atoms with Crippen LogP contribution in [0.2, 0.25) is 0 Å². The number of nitrogens with zero attached hydrogens (tertiary/aromatic N) is 1. The van der Waals surface area contributed by atoms with Gasteiger partial charge in [0, 0.05) is 25.2 Å². The van der Waals surface area contributed by atoms with Crippen LogP contribution in [0.15, 0.2) is 0 Å². The van der Waals surface area contributed by atoms with Crippen LogP contribution in [-0.4, -0.2) is 36.6 Å². The van der Waals surface area contributed by atoms with E-state index in [0.29, 0.717) is 5.54 Å². The van der Waals surface area contributed by atoms with Crippen molar-refractivity contribution >= 4 is 0 Å². The Morgan fingerprint density at radius 1 is 1.21 bits per heavy atom. The average Bonchev–Trinajstić information content (AvgIpc) is 2.26. The minimum Gasteiger partial charge on any atom is -0.314 e. The Morgan fingerprint density at radius 3 is 2.50 bits per heavy atom. The van der Waals surface area contributed by atoms with Crippen LogP contribution in [-0.2, 0) is 0 Å². The van der Waals surface area contributed by atoms with Gasteiger partial charge in [-0.2, -0.15) is 0 Å². The van der Waals surface area contributed by atoms with Gasteiger partial charge in [-0.25, -0.2) is 0 Å². The number of hydrogen-bond acceptors (Lipinski definition) is 2. The Balaban J connectivity index is 2.56. The zero-order chi connectivity index (χ0) is 10.4. The summed E-state index contributed by atoms with van der Waals surface area (Å²) in [6, 6.07) is 0. The topological polar surface area (TPSA) is 15.3 Å². The molecule has 0 aromatic rings. The van der Waals surface area contributed by atoms with Gasteiger partial charge in [0.2, 0.25) is 0 Å². The quantitative estimate of drug-likeness (QED) is 0.729. The van der Waals surface area contributed by atoms with Crippen molar-refractivity contribution in [2.24, 2.45) is 0 Å². The van der Waals surface area contributed by atoms with Crippen LogP contribution in [0.5, 0.6) is 0 Å². The van der Waals surface area contributed by atoms with Crippen LogP contribution < -0.4 is 5.32 Å². The highest BCUT2D eigenvalue weighted by Crippen LogP contribution is 2.25. The van der Waals surface area contributed by atoms with Gasteiger partial charge in [-0.15, -0.1) is 0 Å². The highest BCUT2D eigenvalue weighted by Gasteiger charge is 2.34. The van der Waals surface area contributed by atoms with Gasteiger partial charge < -0.3 is 5.32 Å². The first-order valence-electron chi connectivity index (χ1n) is 6.25. The van der Waals surface area contributed by atoms with Gasteiger partial charge in [0.1, 0.15) is 0 Å². The van der Waals surface area contributed by atoms with Crippen LogP contribution in [0.4, 0.5) is 0 Å². The molecule has 14 heavy (non-hydrogen) atoms. The Kier molecular flexibility index (Phi) is 4.90. The third kappa shape index (κ3) is 2.48. The van der Waals surface area contributed by atoms with E-state index in [0.717, 1.165) is 0 Å². The molecule has 0 atom stereocenters. The van der Waals surface area contributed by atoms with E-state index in [1.54, 1.807) is 0 Å². The summed E-state index contributed by atoms with van der Waals surface area (Å²) >= 11 is 0. The molecule has 1 fully saturated rings. The highest BCUT2D eigenvalue weighted by atomic mass is 15.3. The molecule has 0 amide bonds. The van der Waals surface area contributed by atoms with E-state index in [1.165, 1.54) is 51.9 Å². The fourth-order valence-electron chi connectivity index (χ4n) is 2.53. The normalized spacial score (nSPS) is 22.5. The third-order valence-electron chi connectivity index (χ3n) is 3.78. The SMILES string of the molecule is CCCCN1CCNCC1(CC)CC. The average molecular weight is 198 g/mol. The smallest absolute Gasteiger partial charge is 0.0329 e. The van der Waals surface area contributed by atoms with Gasteiger partial charge in [0.15, 0.2) is 0 Å². The standard InChI is InChI=1S/C12H26N2/c1-4-7-9-14-10-8-13-11-12(14,5-2)6-3/h13H,4-11H2,1-3H3. The lowest BCUT2D eigenvalue weighted by Gasteiger charge is -2.47. The molecule has 0 radical (unpaired) electrons. The summed E-state index contributed by atoms with van der Waals surface area (Å²) in [4.78, 5) is 2.72. The van der Waals surface area contributed by atoms with Crippen molar-refractivity contribution in [1.82, 2.24) is 10.2 Å². The number of rotatable bonds is 5. The Hall–Kier alpha value is -0.0800.